The molecule has 0 radical (unpaired) electrons. The molecule has 126 valence electrons. The van der Waals surface area contributed by atoms with Gasteiger partial charge in [-0.15, -0.1) is 0 Å². The number of unbranched alkanes of at least 4 members (excludes halogenated alkanes) is 2. The van der Waals surface area contributed by atoms with Gasteiger partial charge in [0, 0.05) is 18.3 Å². The smallest absolute Gasteiger partial charge is 0.324 e. The second-order valence-corrected chi connectivity index (χ2v) is 7.14. The predicted molar refractivity (Wildman–Crippen MR) is 86.2 cm³/mol. The highest BCUT2D eigenvalue weighted by Crippen LogP contribution is 2.42. The normalized spacial score (nSPS) is 14.7. The number of nitro groups is 1. The highest BCUT2D eigenvalue weighted by Gasteiger charge is 2.17. The number of hydrogen-bond acceptors (Lipinski definition) is 5. The molecule has 1 aromatic rings. The SMILES string of the molecule is CCOP(=O)(O)CCCCCC(C#N)c1ccc([N+](=O)[O-])cc1. The zero-order valence-electron chi connectivity index (χ0n) is 13.1. The van der Waals surface area contributed by atoms with E-state index in [0.29, 0.717) is 12.8 Å². The van der Waals surface area contributed by atoms with E-state index in [-0.39, 0.29) is 24.4 Å². The molecule has 2 unspecified atom stereocenters. The van der Waals surface area contributed by atoms with Gasteiger partial charge in [0.25, 0.3) is 5.69 Å². The maximum atomic E-state index is 11.5. The maximum absolute atomic E-state index is 11.5. The van der Waals surface area contributed by atoms with Crippen molar-refractivity contribution in [1.29, 1.82) is 5.26 Å². The van der Waals surface area contributed by atoms with Crippen LogP contribution in [-0.4, -0.2) is 22.6 Å². The molecule has 0 spiro atoms. The molecule has 1 N–H and O–H groups in total. The molecule has 0 aliphatic rings. The first kappa shape index (κ1) is 19.3. The van der Waals surface area contributed by atoms with E-state index in [1.54, 1.807) is 19.1 Å². The average molecular weight is 340 g/mol. The van der Waals surface area contributed by atoms with E-state index in [9.17, 15) is 24.8 Å². The lowest BCUT2D eigenvalue weighted by molar-refractivity contribution is -0.384. The van der Waals surface area contributed by atoms with Crippen LogP contribution in [0.4, 0.5) is 5.69 Å². The minimum atomic E-state index is -3.47. The third-order valence-corrected chi connectivity index (χ3v) is 4.97. The van der Waals surface area contributed by atoms with E-state index in [0.717, 1.165) is 18.4 Å². The lowest BCUT2D eigenvalue weighted by atomic mass is 9.94. The number of nitro benzene ring substituents is 1. The fraction of sp³-hybridized carbons (Fsp3) is 0.533. The maximum Gasteiger partial charge on any atom is 0.328 e. The molecule has 1 rings (SSSR count). The Hall–Kier alpha value is -1.74. The lowest BCUT2D eigenvalue weighted by Crippen LogP contribution is -1.98. The fourth-order valence-electron chi connectivity index (χ4n) is 2.24. The van der Waals surface area contributed by atoms with Crippen molar-refractivity contribution in [1.82, 2.24) is 0 Å². The summed E-state index contributed by atoms with van der Waals surface area (Å²) in [5, 5.41) is 19.8. The van der Waals surface area contributed by atoms with Gasteiger partial charge in [0.05, 0.1) is 23.5 Å². The summed E-state index contributed by atoms with van der Waals surface area (Å²) < 4.78 is 16.3. The van der Waals surface area contributed by atoms with Crippen molar-refractivity contribution in [3.63, 3.8) is 0 Å². The third-order valence-electron chi connectivity index (χ3n) is 3.43. The first-order valence-corrected chi connectivity index (χ1v) is 9.26. The van der Waals surface area contributed by atoms with Crippen LogP contribution in [0.5, 0.6) is 0 Å². The molecule has 2 atom stereocenters. The summed E-state index contributed by atoms with van der Waals surface area (Å²) in [5.74, 6) is -0.330. The summed E-state index contributed by atoms with van der Waals surface area (Å²) in [4.78, 5) is 19.6. The summed E-state index contributed by atoms with van der Waals surface area (Å²) in [7, 11) is -3.47. The minimum absolute atomic E-state index is 0.0000577. The topological polar surface area (TPSA) is 113 Å². The molecule has 8 heteroatoms. The molecule has 0 saturated heterocycles. The van der Waals surface area contributed by atoms with E-state index in [1.165, 1.54) is 12.1 Å². The Bertz CT molecular complexity index is 597. The molecule has 23 heavy (non-hydrogen) atoms. The van der Waals surface area contributed by atoms with Gasteiger partial charge in [0.15, 0.2) is 0 Å². The molecule has 0 fully saturated rings. The van der Waals surface area contributed by atoms with E-state index in [2.05, 4.69) is 6.07 Å². The summed E-state index contributed by atoms with van der Waals surface area (Å²) in [6, 6.07) is 8.18. The first-order valence-electron chi connectivity index (χ1n) is 7.50. The van der Waals surface area contributed by atoms with Crippen LogP contribution in [0.1, 0.15) is 44.1 Å². The van der Waals surface area contributed by atoms with Crippen LogP contribution >= 0.6 is 7.60 Å². The van der Waals surface area contributed by atoms with Gasteiger partial charge in [0.1, 0.15) is 0 Å². The Morgan fingerprint density at radius 3 is 2.52 bits per heavy atom. The van der Waals surface area contributed by atoms with Crippen molar-refractivity contribution in [2.24, 2.45) is 0 Å². The Kier molecular flexibility index (Phi) is 7.90. The average Bonchev–Trinajstić information content (AvgIpc) is 2.51. The molecule has 0 amide bonds. The Morgan fingerprint density at radius 2 is 2.00 bits per heavy atom. The van der Waals surface area contributed by atoms with Gasteiger partial charge in [-0.1, -0.05) is 25.0 Å². The molecule has 0 aromatic heterocycles. The fourth-order valence-corrected chi connectivity index (χ4v) is 3.39. The quantitative estimate of drug-likeness (QED) is 0.298. The summed E-state index contributed by atoms with van der Waals surface area (Å²) in [5.41, 5.74) is 0.750. The summed E-state index contributed by atoms with van der Waals surface area (Å²) in [6.07, 6.45) is 2.75. The molecule has 0 aliphatic heterocycles. The van der Waals surface area contributed by atoms with Crippen LogP contribution in [-0.2, 0) is 9.09 Å². The van der Waals surface area contributed by atoms with E-state index < -0.39 is 12.5 Å². The molecule has 0 saturated carbocycles. The molecule has 0 bridgehead atoms. The largest absolute Gasteiger partial charge is 0.328 e. The van der Waals surface area contributed by atoms with Gasteiger partial charge < -0.3 is 9.42 Å². The number of rotatable bonds is 10. The van der Waals surface area contributed by atoms with Crippen LogP contribution in [0.2, 0.25) is 0 Å². The Labute approximate surface area is 135 Å². The van der Waals surface area contributed by atoms with E-state index >= 15 is 0 Å². The number of hydrogen-bond donors (Lipinski definition) is 1. The molecule has 0 aliphatic carbocycles. The van der Waals surface area contributed by atoms with Crippen molar-refractivity contribution in [3.8, 4) is 6.07 Å². The van der Waals surface area contributed by atoms with Gasteiger partial charge in [-0.2, -0.15) is 5.26 Å². The van der Waals surface area contributed by atoms with Crippen LogP contribution in [0.3, 0.4) is 0 Å². The summed E-state index contributed by atoms with van der Waals surface area (Å²) in [6.45, 7) is 1.88. The van der Waals surface area contributed by atoms with Gasteiger partial charge in [0.2, 0.25) is 0 Å². The third kappa shape index (κ3) is 6.91. The first-order chi connectivity index (χ1) is 10.9. The number of nitriles is 1. The highest BCUT2D eigenvalue weighted by molar-refractivity contribution is 7.52. The van der Waals surface area contributed by atoms with Crippen molar-refractivity contribution >= 4 is 13.3 Å². The van der Waals surface area contributed by atoms with Crippen molar-refractivity contribution < 1.29 is 18.9 Å². The van der Waals surface area contributed by atoms with Crippen molar-refractivity contribution in [2.45, 2.75) is 38.5 Å². The molecule has 1 aromatic carbocycles. The van der Waals surface area contributed by atoms with Crippen molar-refractivity contribution in [2.75, 3.05) is 12.8 Å². The monoisotopic (exact) mass is 340 g/mol. The van der Waals surface area contributed by atoms with Crippen LogP contribution < -0.4 is 0 Å². The van der Waals surface area contributed by atoms with Gasteiger partial charge in [-0.05, 0) is 25.3 Å². The second kappa shape index (κ2) is 9.41. The minimum Gasteiger partial charge on any atom is -0.324 e. The zero-order chi connectivity index (χ0) is 17.3. The standard InChI is InChI=1S/C15H21N2O5P/c1-2-22-23(20,21)11-5-3-4-6-14(12-16)13-7-9-15(10-8-13)17(18)19/h7-10,14H,2-6,11H2,1H3,(H,20,21). The number of non-ortho nitro benzene ring substituents is 1. The van der Waals surface area contributed by atoms with E-state index in [1.807, 2.05) is 0 Å². The molecular weight excluding hydrogens is 319 g/mol. The number of benzene rings is 1. The van der Waals surface area contributed by atoms with E-state index in [4.69, 9.17) is 4.52 Å². The predicted octanol–water partition coefficient (Wildman–Crippen LogP) is 3.98. The van der Waals surface area contributed by atoms with Crippen molar-refractivity contribution in [3.05, 3.63) is 39.9 Å². The number of nitrogens with zero attached hydrogens (tertiary/aromatic N) is 2. The molecule has 7 nitrogen and oxygen atoms in total. The van der Waals surface area contributed by atoms with Crippen LogP contribution in [0, 0.1) is 21.4 Å². The summed E-state index contributed by atoms with van der Waals surface area (Å²) >= 11 is 0. The molecular formula is C15H21N2O5P. The molecule has 0 heterocycles. The zero-order valence-corrected chi connectivity index (χ0v) is 13.9. The second-order valence-electron chi connectivity index (χ2n) is 5.16. The van der Waals surface area contributed by atoms with Gasteiger partial charge in [-0.3, -0.25) is 14.7 Å². The lowest BCUT2D eigenvalue weighted by Gasteiger charge is -2.11. The highest BCUT2D eigenvalue weighted by atomic mass is 31.2. The van der Waals surface area contributed by atoms with Crippen LogP contribution in [0.15, 0.2) is 24.3 Å². The Morgan fingerprint density at radius 1 is 1.35 bits per heavy atom. The Balaban J connectivity index is 2.41. The van der Waals surface area contributed by atoms with Gasteiger partial charge in [-0.25, -0.2) is 0 Å². The van der Waals surface area contributed by atoms with Gasteiger partial charge >= 0.3 is 7.60 Å². The van der Waals surface area contributed by atoms with Crippen LogP contribution in [0.25, 0.3) is 0 Å².